The topological polar surface area (TPSA) is 104 Å². The van der Waals surface area contributed by atoms with E-state index in [0.717, 1.165) is 0 Å². The number of carbonyl (C=O) groups is 1. The molecule has 4 rings (SSSR count). The second-order valence-corrected chi connectivity index (χ2v) is 8.43. The SMILES string of the molecule is COc1ccccn1.COc1ncccc1C=O.COc1ncccc1CO.Cc1cc(C)c(Br)c(C)c1.[B].[H-].[Na+]. The molecule has 0 bridgehead atoms. The van der Waals surface area contributed by atoms with E-state index in [2.05, 4.69) is 63.8 Å². The summed E-state index contributed by atoms with van der Waals surface area (Å²) in [6, 6.07) is 16.8. The Balaban J connectivity index is -0.000000460. The zero-order chi connectivity index (χ0) is 28.3. The second kappa shape index (κ2) is 23.0. The van der Waals surface area contributed by atoms with E-state index in [1.165, 1.54) is 35.4 Å². The van der Waals surface area contributed by atoms with Crippen LogP contribution in [0.25, 0.3) is 0 Å². The number of aromatic nitrogens is 3. The van der Waals surface area contributed by atoms with E-state index in [0.29, 0.717) is 35.1 Å². The van der Waals surface area contributed by atoms with Gasteiger partial charge in [0.05, 0.1) is 33.5 Å². The summed E-state index contributed by atoms with van der Waals surface area (Å²) in [6.45, 7) is 6.32. The fourth-order valence-corrected chi connectivity index (χ4v) is 3.25. The van der Waals surface area contributed by atoms with Crippen molar-refractivity contribution in [1.82, 2.24) is 15.0 Å². The standard InChI is InChI=1S/C9H11Br.C7H9NO2.C7H7NO2.C6H7NO.B.Na.H/c1-6-4-7(2)9(10)8(3)5-6;2*1-10-7-6(5-9)3-2-4-8-7;1-8-6-4-2-3-5-7-6;;;/h4-5H,1-3H3;2-4,9H,5H2,1H3;2-5H,1H3;2-5H,1H3;;;/q;;;;;+1;-1. The molecule has 207 valence electrons. The van der Waals surface area contributed by atoms with E-state index in [-0.39, 0.29) is 46.0 Å². The summed E-state index contributed by atoms with van der Waals surface area (Å²) in [5.74, 6) is 1.52. The Labute approximate surface area is 271 Å². The Morgan fingerprint density at radius 2 is 1.38 bits per heavy atom. The molecule has 0 saturated heterocycles. The molecule has 4 aromatic rings. The van der Waals surface area contributed by atoms with Crippen molar-refractivity contribution in [3.05, 3.63) is 105 Å². The Bertz CT molecular complexity index is 1210. The minimum Gasteiger partial charge on any atom is -1.00 e. The Kier molecular flexibility index (Phi) is 22.6. The number of carbonyl (C=O) groups excluding carboxylic acids is 1. The summed E-state index contributed by atoms with van der Waals surface area (Å²) in [4.78, 5) is 21.8. The number of ether oxygens (including phenoxy) is 3. The van der Waals surface area contributed by atoms with E-state index in [9.17, 15) is 4.79 Å². The van der Waals surface area contributed by atoms with Crippen molar-refractivity contribution >= 4 is 30.6 Å². The summed E-state index contributed by atoms with van der Waals surface area (Å²) >= 11 is 3.51. The largest absolute Gasteiger partial charge is 1.00 e. The van der Waals surface area contributed by atoms with Crippen LogP contribution < -0.4 is 43.8 Å². The molecule has 11 heteroatoms. The van der Waals surface area contributed by atoms with E-state index in [1.54, 1.807) is 56.0 Å². The Morgan fingerprint density at radius 3 is 1.77 bits per heavy atom. The molecule has 0 aliphatic heterocycles. The number of nitrogens with zero attached hydrogens (tertiary/aromatic N) is 3. The first-order valence-electron chi connectivity index (χ1n) is 11.5. The number of methoxy groups -OCH3 is 3. The third kappa shape index (κ3) is 14.6. The predicted octanol–water partition coefficient (Wildman–Crippen LogP) is 2.69. The van der Waals surface area contributed by atoms with Crippen molar-refractivity contribution in [3.8, 4) is 17.6 Å². The van der Waals surface area contributed by atoms with Crippen LogP contribution in [0.4, 0.5) is 0 Å². The predicted molar refractivity (Wildman–Crippen MR) is 159 cm³/mol. The molecular weight excluding hydrogens is 584 g/mol. The smallest absolute Gasteiger partial charge is 1.00 e. The number of benzene rings is 1. The fourth-order valence-electron chi connectivity index (χ4n) is 3.02. The number of aryl methyl sites for hydroxylation is 3. The molecule has 0 fully saturated rings. The van der Waals surface area contributed by atoms with Gasteiger partial charge in [0.15, 0.2) is 6.29 Å². The van der Waals surface area contributed by atoms with Crippen molar-refractivity contribution in [1.29, 1.82) is 0 Å². The molecular formula is C29H35BBrN3NaO5. The maximum atomic E-state index is 10.3. The average Bonchev–Trinajstić information content (AvgIpc) is 2.97. The molecule has 0 aliphatic carbocycles. The monoisotopic (exact) mass is 618 g/mol. The molecule has 3 radical (unpaired) electrons. The second-order valence-electron chi connectivity index (χ2n) is 7.63. The van der Waals surface area contributed by atoms with Crippen LogP contribution in [0.3, 0.4) is 0 Å². The molecule has 0 unspecified atom stereocenters. The first-order chi connectivity index (χ1) is 18.3. The Morgan fingerprint density at radius 1 is 0.825 bits per heavy atom. The van der Waals surface area contributed by atoms with Crippen LogP contribution in [-0.2, 0) is 6.61 Å². The number of hydrogen-bond donors (Lipinski definition) is 1. The zero-order valence-electron chi connectivity index (χ0n) is 25.1. The minimum atomic E-state index is -0.0307. The third-order valence-electron chi connectivity index (χ3n) is 4.76. The number of aliphatic hydroxyl groups is 1. The van der Waals surface area contributed by atoms with Gasteiger partial charge in [0, 0.05) is 43.1 Å². The van der Waals surface area contributed by atoms with Gasteiger partial charge < -0.3 is 20.7 Å². The van der Waals surface area contributed by atoms with E-state index in [1.807, 2.05) is 12.1 Å². The van der Waals surface area contributed by atoms with Gasteiger partial charge in [0.25, 0.3) is 0 Å². The molecule has 0 atom stereocenters. The Hall–Kier alpha value is -2.76. The van der Waals surface area contributed by atoms with E-state index >= 15 is 0 Å². The van der Waals surface area contributed by atoms with Gasteiger partial charge in [-0.1, -0.05) is 39.7 Å². The van der Waals surface area contributed by atoms with Gasteiger partial charge in [0.1, 0.15) is 0 Å². The molecule has 1 N–H and O–H groups in total. The van der Waals surface area contributed by atoms with Gasteiger partial charge in [-0.15, -0.1) is 0 Å². The maximum Gasteiger partial charge on any atom is 1.00 e. The quantitative estimate of drug-likeness (QED) is 0.269. The van der Waals surface area contributed by atoms with Crippen molar-refractivity contribution in [2.75, 3.05) is 21.3 Å². The van der Waals surface area contributed by atoms with Crippen LogP contribution in [0, 0.1) is 20.8 Å². The average molecular weight is 619 g/mol. The number of aldehydes is 1. The summed E-state index contributed by atoms with van der Waals surface area (Å²) in [5.41, 5.74) is 5.16. The summed E-state index contributed by atoms with van der Waals surface area (Å²) in [6.07, 6.45) is 5.61. The number of hydrogen-bond acceptors (Lipinski definition) is 8. The molecule has 0 amide bonds. The first kappa shape index (κ1) is 39.4. The fraction of sp³-hybridized carbons (Fsp3) is 0.241. The third-order valence-corrected chi connectivity index (χ3v) is 6.01. The summed E-state index contributed by atoms with van der Waals surface area (Å²) in [5, 5.41) is 8.73. The summed E-state index contributed by atoms with van der Waals surface area (Å²) < 4.78 is 15.7. The van der Waals surface area contributed by atoms with Crippen molar-refractivity contribution < 1.29 is 55.1 Å². The molecule has 1 aromatic carbocycles. The van der Waals surface area contributed by atoms with Crippen LogP contribution in [0.15, 0.2) is 77.7 Å². The first-order valence-corrected chi connectivity index (χ1v) is 12.3. The molecule has 3 heterocycles. The van der Waals surface area contributed by atoms with Crippen LogP contribution in [0.5, 0.6) is 17.6 Å². The van der Waals surface area contributed by atoms with Crippen LogP contribution in [0.1, 0.15) is 34.0 Å². The molecule has 40 heavy (non-hydrogen) atoms. The van der Waals surface area contributed by atoms with Crippen molar-refractivity contribution in [2.24, 2.45) is 0 Å². The van der Waals surface area contributed by atoms with Gasteiger partial charge in [-0.05, 0) is 62.2 Å². The molecule has 0 spiro atoms. The van der Waals surface area contributed by atoms with E-state index in [4.69, 9.17) is 19.3 Å². The van der Waals surface area contributed by atoms with Gasteiger partial charge >= 0.3 is 29.6 Å². The number of rotatable bonds is 5. The van der Waals surface area contributed by atoms with Gasteiger partial charge in [-0.3, -0.25) is 4.79 Å². The van der Waals surface area contributed by atoms with Crippen LogP contribution in [0.2, 0.25) is 0 Å². The van der Waals surface area contributed by atoms with Crippen molar-refractivity contribution in [3.63, 3.8) is 0 Å². The molecule has 3 aromatic heterocycles. The number of halogens is 1. The minimum absolute atomic E-state index is 0. The van der Waals surface area contributed by atoms with E-state index < -0.39 is 0 Å². The molecule has 8 nitrogen and oxygen atoms in total. The molecule has 0 saturated carbocycles. The zero-order valence-corrected chi connectivity index (χ0v) is 27.7. The normalized spacial score (nSPS) is 8.80. The number of aliphatic hydroxyl groups excluding tert-OH is 1. The van der Waals surface area contributed by atoms with Crippen molar-refractivity contribution in [2.45, 2.75) is 27.4 Å². The molecule has 0 aliphatic rings. The summed E-state index contributed by atoms with van der Waals surface area (Å²) in [7, 11) is 4.61. The van der Waals surface area contributed by atoms with Crippen LogP contribution >= 0.6 is 15.9 Å². The van der Waals surface area contributed by atoms with Gasteiger partial charge in [0.2, 0.25) is 17.6 Å². The number of pyridine rings is 3. The van der Waals surface area contributed by atoms with Gasteiger partial charge in [-0.2, -0.15) is 0 Å². The maximum absolute atomic E-state index is 10.3. The van der Waals surface area contributed by atoms with Gasteiger partial charge in [-0.25, -0.2) is 15.0 Å². The van der Waals surface area contributed by atoms with Crippen LogP contribution in [-0.4, -0.2) is 56.1 Å².